The van der Waals surface area contributed by atoms with Crippen molar-refractivity contribution in [1.29, 1.82) is 0 Å². The molecule has 1 aromatic heterocycles. The van der Waals surface area contributed by atoms with E-state index in [0.717, 1.165) is 21.8 Å². The number of hydrogen-bond acceptors (Lipinski definition) is 6. The topological polar surface area (TPSA) is 88.7 Å². The Balaban J connectivity index is 1.46. The van der Waals surface area contributed by atoms with E-state index in [1.165, 1.54) is 36.1 Å². The fourth-order valence-corrected chi connectivity index (χ4v) is 4.27. The second-order valence-electron chi connectivity index (χ2n) is 7.86. The molecule has 0 bridgehead atoms. The highest BCUT2D eigenvalue weighted by molar-refractivity contribution is 7.99. The molecule has 1 heterocycles. The summed E-state index contributed by atoms with van der Waals surface area (Å²) < 4.78 is 7.26. The molecule has 8 heteroatoms. The van der Waals surface area contributed by atoms with Gasteiger partial charge in [-0.2, -0.15) is 5.10 Å². The zero-order chi connectivity index (χ0) is 24.1. The molecule has 3 aromatic carbocycles. The molecule has 34 heavy (non-hydrogen) atoms. The summed E-state index contributed by atoms with van der Waals surface area (Å²) in [5.41, 5.74) is 8.25. The number of carbonyl (C=O) groups excluding carboxylic acids is 1. The molecule has 1 amide bonds. The molecule has 0 fully saturated rings. The van der Waals surface area contributed by atoms with Crippen molar-refractivity contribution < 1.29 is 14.6 Å². The second kappa shape index (κ2) is 10.4. The van der Waals surface area contributed by atoms with E-state index in [1.807, 2.05) is 24.3 Å². The molecule has 0 aliphatic heterocycles. The first-order valence-electron chi connectivity index (χ1n) is 10.8. The number of nitrogens with one attached hydrogen (secondary N) is 1. The van der Waals surface area contributed by atoms with Crippen LogP contribution in [0, 0.1) is 6.92 Å². The Morgan fingerprint density at radius 3 is 2.68 bits per heavy atom. The number of ether oxygens (including phenoxy) is 1. The van der Waals surface area contributed by atoms with Crippen molar-refractivity contribution in [3.8, 4) is 11.5 Å². The van der Waals surface area contributed by atoms with E-state index in [9.17, 15) is 9.90 Å². The molecule has 0 aliphatic rings. The normalized spacial score (nSPS) is 11.6. The number of aromatic hydroxyl groups is 1. The first-order valence-corrected chi connectivity index (χ1v) is 11.8. The van der Waals surface area contributed by atoms with E-state index in [0.29, 0.717) is 18.0 Å². The predicted molar refractivity (Wildman–Crippen MR) is 136 cm³/mol. The van der Waals surface area contributed by atoms with Crippen LogP contribution in [-0.4, -0.2) is 39.1 Å². The third kappa shape index (κ3) is 5.40. The standard InChI is InChI=1S/C26H26N4O3S/c1-17-8-10-19(11-9-17)15-30-22-7-5-4-6-21(22)27-26(30)34-16-25(32)29-28-18(2)20-12-13-23(31)24(14-20)33-3/h4-14,31H,15-16H2,1-3H3,(H,29,32)/b28-18+. The van der Waals surface area contributed by atoms with Crippen molar-refractivity contribution in [3.63, 3.8) is 0 Å². The first-order chi connectivity index (χ1) is 16.4. The number of imidazole rings is 1. The molecule has 2 N–H and O–H groups in total. The first kappa shape index (κ1) is 23.4. The molecule has 0 saturated heterocycles. The summed E-state index contributed by atoms with van der Waals surface area (Å²) in [7, 11) is 1.48. The van der Waals surface area contributed by atoms with Crippen LogP contribution in [0.15, 0.2) is 77.0 Å². The number of rotatable bonds is 8. The van der Waals surface area contributed by atoms with Gasteiger partial charge in [-0.05, 0) is 49.7 Å². The van der Waals surface area contributed by atoms with E-state index in [2.05, 4.69) is 46.3 Å². The third-order valence-corrected chi connectivity index (χ3v) is 6.34. The third-order valence-electron chi connectivity index (χ3n) is 5.36. The number of methoxy groups -OCH3 is 1. The largest absolute Gasteiger partial charge is 0.504 e. The van der Waals surface area contributed by atoms with Gasteiger partial charge in [0.1, 0.15) is 0 Å². The monoisotopic (exact) mass is 474 g/mol. The second-order valence-corrected chi connectivity index (χ2v) is 8.80. The number of thioether (sulfide) groups is 1. The van der Waals surface area contributed by atoms with Crippen LogP contribution in [0.25, 0.3) is 11.0 Å². The van der Waals surface area contributed by atoms with Gasteiger partial charge in [0, 0.05) is 5.56 Å². The fraction of sp³-hybridized carbons (Fsp3) is 0.192. The quantitative estimate of drug-likeness (QED) is 0.219. The highest BCUT2D eigenvalue weighted by atomic mass is 32.2. The molecular formula is C26H26N4O3S. The van der Waals surface area contributed by atoms with E-state index in [4.69, 9.17) is 9.72 Å². The highest BCUT2D eigenvalue weighted by Gasteiger charge is 2.14. The number of hydrazone groups is 1. The van der Waals surface area contributed by atoms with Crippen molar-refractivity contribution in [2.24, 2.45) is 5.10 Å². The Hall–Kier alpha value is -3.78. The minimum Gasteiger partial charge on any atom is -0.504 e. The van der Waals surface area contributed by atoms with E-state index >= 15 is 0 Å². The Labute approximate surface area is 202 Å². The zero-order valence-electron chi connectivity index (χ0n) is 19.3. The number of aromatic nitrogens is 2. The fourth-order valence-electron chi connectivity index (χ4n) is 3.47. The van der Waals surface area contributed by atoms with Gasteiger partial charge in [0.2, 0.25) is 0 Å². The lowest BCUT2D eigenvalue weighted by Gasteiger charge is -2.09. The molecule has 4 aromatic rings. The maximum atomic E-state index is 12.5. The van der Waals surface area contributed by atoms with Crippen LogP contribution in [0.1, 0.15) is 23.6 Å². The lowest BCUT2D eigenvalue weighted by molar-refractivity contribution is -0.118. The van der Waals surface area contributed by atoms with Crippen LogP contribution < -0.4 is 10.2 Å². The summed E-state index contributed by atoms with van der Waals surface area (Å²) in [5.74, 6) is 0.339. The molecule has 4 rings (SSSR count). The Bertz CT molecular complexity index is 1350. The number of phenolic OH excluding ortho intramolecular Hbond substituents is 1. The van der Waals surface area contributed by atoms with Crippen molar-refractivity contribution in [3.05, 3.63) is 83.4 Å². The van der Waals surface area contributed by atoms with Gasteiger partial charge < -0.3 is 14.4 Å². The van der Waals surface area contributed by atoms with Crippen LogP contribution in [0.3, 0.4) is 0 Å². The summed E-state index contributed by atoms with van der Waals surface area (Å²) >= 11 is 1.38. The summed E-state index contributed by atoms with van der Waals surface area (Å²) in [6.07, 6.45) is 0. The van der Waals surface area contributed by atoms with Crippen molar-refractivity contribution in [1.82, 2.24) is 15.0 Å². The van der Waals surface area contributed by atoms with Crippen LogP contribution in [-0.2, 0) is 11.3 Å². The number of aryl methyl sites for hydroxylation is 1. The van der Waals surface area contributed by atoms with Gasteiger partial charge in [-0.3, -0.25) is 4.79 Å². The number of benzene rings is 3. The van der Waals surface area contributed by atoms with Gasteiger partial charge in [-0.25, -0.2) is 10.4 Å². The molecule has 0 aliphatic carbocycles. The minimum atomic E-state index is -0.232. The van der Waals surface area contributed by atoms with Gasteiger partial charge in [-0.15, -0.1) is 0 Å². The van der Waals surface area contributed by atoms with E-state index in [-0.39, 0.29) is 17.4 Å². The number of carbonyl (C=O) groups is 1. The Kier molecular flexibility index (Phi) is 7.18. The van der Waals surface area contributed by atoms with Crippen molar-refractivity contribution in [2.75, 3.05) is 12.9 Å². The maximum Gasteiger partial charge on any atom is 0.250 e. The number of fused-ring (bicyclic) bond motifs is 1. The van der Waals surface area contributed by atoms with Gasteiger partial charge in [0.15, 0.2) is 16.7 Å². The van der Waals surface area contributed by atoms with Crippen LogP contribution in [0.4, 0.5) is 0 Å². The lowest BCUT2D eigenvalue weighted by atomic mass is 10.1. The molecule has 174 valence electrons. The maximum absolute atomic E-state index is 12.5. The van der Waals surface area contributed by atoms with Crippen molar-refractivity contribution >= 4 is 34.4 Å². The number of amides is 1. The van der Waals surface area contributed by atoms with Crippen LogP contribution in [0.5, 0.6) is 11.5 Å². The van der Waals surface area contributed by atoms with Gasteiger partial charge in [-0.1, -0.05) is 53.7 Å². The minimum absolute atomic E-state index is 0.0491. The number of hydrogen-bond donors (Lipinski definition) is 2. The number of para-hydroxylation sites is 2. The summed E-state index contributed by atoms with van der Waals surface area (Å²) in [6, 6.07) is 21.3. The summed E-state index contributed by atoms with van der Waals surface area (Å²) in [5, 5.41) is 14.7. The predicted octanol–water partition coefficient (Wildman–Crippen LogP) is 4.74. The van der Waals surface area contributed by atoms with Gasteiger partial charge in [0.25, 0.3) is 5.91 Å². The smallest absolute Gasteiger partial charge is 0.250 e. The molecule has 0 atom stereocenters. The Morgan fingerprint density at radius 1 is 1.15 bits per heavy atom. The zero-order valence-corrected chi connectivity index (χ0v) is 20.1. The van der Waals surface area contributed by atoms with E-state index < -0.39 is 0 Å². The summed E-state index contributed by atoms with van der Waals surface area (Å²) in [4.78, 5) is 17.3. The molecule has 0 radical (unpaired) electrons. The summed E-state index contributed by atoms with van der Waals surface area (Å²) in [6.45, 7) is 4.52. The molecule has 0 unspecified atom stereocenters. The number of nitrogens with zero attached hydrogens (tertiary/aromatic N) is 3. The molecular weight excluding hydrogens is 448 g/mol. The van der Waals surface area contributed by atoms with Gasteiger partial charge >= 0.3 is 0 Å². The lowest BCUT2D eigenvalue weighted by Crippen LogP contribution is -2.21. The van der Waals surface area contributed by atoms with Crippen LogP contribution in [0.2, 0.25) is 0 Å². The van der Waals surface area contributed by atoms with Crippen LogP contribution >= 0.6 is 11.8 Å². The highest BCUT2D eigenvalue weighted by Crippen LogP contribution is 2.27. The Morgan fingerprint density at radius 2 is 1.91 bits per heavy atom. The molecule has 7 nitrogen and oxygen atoms in total. The number of phenols is 1. The van der Waals surface area contributed by atoms with Gasteiger partial charge in [0.05, 0.1) is 36.2 Å². The SMILES string of the molecule is COc1cc(/C(C)=N/NC(=O)CSc2nc3ccccc3n2Cc2ccc(C)cc2)ccc1O. The molecule has 0 spiro atoms. The van der Waals surface area contributed by atoms with E-state index in [1.54, 1.807) is 19.1 Å². The average Bonchev–Trinajstić information content (AvgIpc) is 3.20. The molecule has 0 saturated carbocycles. The average molecular weight is 475 g/mol. The van der Waals surface area contributed by atoms with Crippen molar-refractivity contribution in [2.45, 2.75) is 25.5 Å².